The van der Waals surface area contributed by atoms with Gasteiger partial charge in [-0.25, -0.2) is 0 Å². The SMILES string of the molecule is Cc1cc(-n2c3[c-]c(Oc4[c-]c(N5[CH-]N(c6c(-c7ccccc7)cc(C(C)(C)C)cc6-c6ccccc6)c6ccccc65)ccc4)ccc3c3ccccc32)nc2occc12.[Pt]. The fraction of sp³-hybridized carbons (Fsp3) is 0.0909. The molecule has 0 saturated heterocycles. The third-order valence-corrected chi connectivity index (χ3v) is 11.7. The number of para-hydroxylation sites is 3. The Balaban J connectivity index is 0.00000458. The van der Waals surface area contributed by atoms with Crippen LogP contribution in [0.4, 0.5) is 22.7 Å². The summed E-state index contributed by atoms with van der Waals surface area (Å²) in [5.41, 5.74) is 13.5. The summed E-state index contributed by atoms with van der Waals surface area (Å²) < 4.78 is 14.5. The molecule has 0 radical (unpaired) electrons. The molecule has 6 nitrogen and oxygen atoms in total. The number of hydrogen-bond acceptors (Lipinski definition) is 5. The van der Waals surface area contributed by atoms with E-state index >= 15 is 0 Å². The minimum atomic E-state index is -0.0671. The van der Waals surface area contributed by atoms with Gasteiger partial charge in [0, 0.05) is 71.7 Å². The molecule has 3 aromatic heterocycles. The number of ether oxygens (including phenoxy) is 1. The second-order valence-electron chi connectivity index (χ2n) is 16.6. The van der Waals surface area contributed by atoms with E-state index in [9.17, 15) is 0 Å². The van der Waals surface area contributed by atoms with Crippen molar-refractivity contribution in [2.75, 3.05) is 9.80 Å². The van der Waals surface area contributed by atoms with Crippen LogP contribution in [0.1, 0.15) is 31.9 Å². The van der Waals surface area contributed by atoms with Crippen LogP contribution in [0.2, 0.25) is 0 Å². The summed E-state index contributed by atoms with van der Waals surface area (Å²) in [6.07, 6.45) is 1.69. The first-order valence-electron chi connectivity index (χ1n) is 20.6. The van der Waals surface area contributed by atoms with E-state index in [1.807, 2.05) is 30.3 Å². The van der Waals surface area contributed by atoms with Gasteiger partial charge in [0.05, 0.1) is 6.26 Å². The second kappa shape index (κ2) is 15.5. The van der Waals surface area contributed by atoms with Gasteiger partial charge in [-0.05, 0) is 82.4 Å². The first-order valence-corrected chi connectivity index (χ1v) is 20.6. The zero-order valence-corrected chi connectivity index (χ0v) is 36.9. The summed E-state index contributed by atoms with van der Waals surface area (Å²) >= 11 is 0. The van der Waals surface area contributed by atoms with Gasteiger partial charge in [0.2, 0.25) is 5.71 Å². The zero-order valence-electron chi connectivity index (χ0n) is 34.7. The molecule has 0 N–H and O–H groups in total. The van der Waals surface area contributed by atoms with E-state index < -0.39 is 0 Å². The Hall–Kier alpha value is -6.88. The number of aromatic nitrogens is 2. The Morgan fingerprint density at radius 1 is 0.613 bits per heavy atom. The maximum atomic E-state index is 6.64. The molecule has 0 fully saturated rings. The average Bonchev–Trinajstić information content (AvgIpc) is 4.01. The molecule has 62 heavy (non-hydrogen) atoms. The largest absolute Gasteiger partial charge is 0.509 e. The summed E-state index contributed by atoms with van der Waals surface area (Å²) in [5.74, 6) is 1.92. The molecule has 10 aromatic rings. The van der Waals surface area contributed by atoms with Gasteiger partial charge in [-0.1, -0.05) is 117 Å². The summed E-state index contributed by atoms with van der Waals surface area (Å²) in [7, 11) is 0. The monoisotopic (exact) mass is 984 g/mol. The van der Waals surface area contributed by atoms with E-state index in [1.54, 1.807) is 6.26 Å². The number of furan rings is 1. The summed E-state index contributed by atoms with van der Waals surface area (Å²) in [6.45, 7) is 11.1. The maximum Gasteiger partial charge on any atom is 0.228 e. The Bertz CT molecular complexity index is 3210. The molecular formula is C55H41N4O2Pt-3. The molecule has 1 aliphatic heterocycles. The van der Waals surface area contributed by atoms with E-state index in [4.69, 9.17) is 14.1 Å². The van der Waals surface area contributed by atoms with Crippen LogP contribution < -0.4 is 14.5 Å². The normalized spacial score (nSPS) is 12.6. The number of anilines is 4. The predicted octanol–water partition coefficient (Wildman–Crippen LogP) is 14.7. The average molecular weight is 985 g/mol. The molecular weight excluding hydrogens is 944 g/mol. The van der Waals surface area contributed by atoms with Crippen LogP contribution in [0.3, 0.4) is 0 Å². The first-order chi connectivity index (χ1) is 29.8. The van der Waals surface area contributed by atoms with Crippen LogP contribution >= 0.6 is 0 Å². The molecule has 0 aliphatic carbocycles. The van der Waals surface area contributed by atoms with E-state index in [0.29, 0.717) is 17.2 Å². The van der Waals surface area contributed by atoms with Gasteiger partial charge in [-0.15, -0.1) is 48.1 Å². The maximum absolute atomic E-state index is 6.64. The van der Waals surface area contributed by atoms with Crippen molar-refractivity contribution in [2.24, 2.45) is 0 Å². The van der Waals surface area contributed by atoms with Crippen LogP contribution in [0, 0.1) is 25.7 Å². The van der Waals surface area contributed by atoms with Crippen molar-refractivity contribution < 1.29 is 30.2 Å². The topological polar surface area (TPSA) is 46.7 Å². The fourth-order valence-electron chi connectivity index (χ4n) is 8.62. The molecule has 11 rings (SSSR count). The number of pyridine rings is 1. The van der Waals surface area contributed by atoms with Crippen molar-refractivity contribution in [2.45, 2.75) is 33.1 Å². The van der Waals surface area contributed by atoms with Crippen molar-refractivity contribution in [3.05, 3.63) is 200 Å². The van der Waals surface area contributed by atoms with E-state index in [-0.39, 0.29) is 26.5 Å². The Morgan fingerprint density at radius 3 is 1.97 bits per heavy atom. The smallest absolute Gasteiger partial charge is 0.228 e. The van der Waals surface area contributed by atoms with E-state index in [1.165, 1.54) is 16.7 Å². The van der Waals surface area contributed by atoms with Crippen LogP contribution in [0.15, 0.2) is 174 Å². The van der Waals surface area contributed by atoms with Crippen molar-refractivity contribution in [3.8, 4) is 39.6 Å². The summed E-state index contributed by atoms with van der Waals surface area (Å²) in [5, 5.41) is 3.17. The minimum absolute atomic E-state index is 0. The molecule has 4 heterocycles. The molecule has 0 amide bonds. The van der Waals surface area contributed by atoms with Crippen molar-refractivity contribution in [1.29, 1.82) is 0 Å². The Kier molecular flexibility index (Phi) is 9.84. The molecule has 306 valence electrons. The molecule has 0 atom stereocenters. The first kappa shape index (κ1) is 39.3. The summed E-state index contributed by atoms with van der Waals surface area (Å²) in [4.78, 5) is 9.47. The number of rotatable bonds is 7. The number of nitrogens with zero attached hydrogens (tertiary/aromatic N) is 4. The standard InChI is InChI=1S/C55H41N4O2.Pt/c1-36-30-52(56-54-43(36)28-29-60-54)59-48-23-12-11-22-44(48)45-27-26-42(34-51(45)59)61-41-21-15-20-40(33-41)57-35-58(50-25-14-13-24-49(50)57)53-46(37-16-7-5-8-17-37)31-39(55(2,3)4)32-47(53)38-18-9-6-10-19-38;/h5-32,35H,1-4H3;/q-3;. The van der Waals surface area contributed by atoms with Gasteiger partial charge in [-0.2, -0.15) is 17.1 Å². The zero-order chi connectivity index (χ0) is 41.2. The van der Waals surface area contributed by atoms with E-state index in [0.717, 1.165) is 72.4 Å². The number of fused-ring (bicyclic) bond motifs is 5. The van der Waals surface area contributed by atoms with Gasteiger partial charge >= 0.3 is 0 Å². The van der Waals surface area contributed by atoms with Gasteiger partial charge in [0.25, 0.3) is 0 Å². The predicted molar refractivity (Wildman–Crippen MR) is 248 cm³/mol. The third-order valence-electron chi connectivity index (χ3n) is 11.7. The second-order valence-corrected chi connectivity index (χ2v) is 16.6. The van der Waals surface area contributed by atoms with Gasteiger partial charge < -0.3 is 23.5 Å². The summed E-state index contributed by atoms with van der Waals surface area (Å²) in [6, 6.07) is 64.5. The van der Waals surface area contributed by atoms with Crippen LogP contribution in [0.25, 0.3) is 61.0 Å². The van der Waals surface area contributed by atoms with E-state index in [2.05, 4.69) is 194 Å². The number of aryl methyl sites for hydroxylation is 1. The van der Waals surface area contributed by atoms with Gasteiger partial charge in [0.1, 0.15) is 5.82 Å². The molecule has 0 spiro atoms. The molecule has 7 heteroatoms. The fourth-order valence-corrected chi connectivity index (χ4v) is 8.62. The Labute approximate surface area is 375 Å². The van der Waals surface area contributed by atoms with Crippen LogP contribution in [-0.2, 0) is 26.5 Å². The minimum Gasteiger partial charge on any atom is -0.509 e. The molecule has 7 aromatic carbocycles. The van der Waals surface area contributed by atoms with Crippen molar-refractivity contribution >= 4 is 55.7 Å². The van der Waals surface area contributed by atoms with Gasteiger partial charge in [-0.3, -0.25) is 0 Å². The molecule has 1 aliphatic rings. The molecule has 0 saturated carbocycles. The third kappa shape index (κ3) is 6.76. The Morgan fingerprint density at radius 2 is 1.26 bits per heavy atom. The van der Waals surface area contributed by atoms with Crippen molar-refractivity contribution in [3.63, 3.8) is 0 Å². The van der Waals surface area contributed by atoms with Crippen molar-refractivity contribution in [1.82, 2.24) is 9.55 Å². The van der Waals surface area contributed by atoms with Crippen LogP contribution in [-0.4, -0.2) is 9.55 Å². The molecule has 0 unspecified atom stereocenters. The number of benzene rings is 7. The number of hydrogen-bond donors (Lipinski definition) is 0. The quantitative estimate of drug-likeness (QED) is 0.149. The molecule has 0 bridgehead atoms. The van der Waals surface area contributed by atoms with Crippen LogP contribution in [0.5, 0.6) is 11.5 Å². The van der Waals surface area contributed by atoms with Gasteiger partial charge in [0.15, 0.2) is 0 Å².